The van der Waals surface area contributed by atoms with E-state index in [-0.39, 0.29) is 18.8 Å². The second kappa shape index (κ2) is 8.09. The molecule has 0 saturated carbocycles. The van der Waals surface area contributed by atoms with Crippen molar-refractivity contribution >= 4 is 22.3 Å². The van der Waals surface area contributed by atoms with Crippen molar-refractivity contribution in [1.82, 2.24) is 14.6 Å². The topological polar surface area (TPSA) is 82.8 Å². The zero-order chi connectivity index (χ0) is 18.5. The summed E-state index contributed by atoms with van der Waals surface area (Å²) in [7, 11) is 0. The number of ether oxygens (including phenoxy) is 2. The molecule has 0 aliphatic carbocycles. The van der Waals surface area contributed by atoms with Crippen LogP contribution in [0.3, 0.4) is 0 Å². The number of para-hydroxylation sites is 1. The van der Waals surface area contributed by atoms with Crippen LogP contribution in [0.15, 0.2) is 41.2 Å². The van der Waals surface area contributed by atoms with Gasteiger partial charge in [0, 0.05) is 12.5 Å². The maximum absolute atomic E-state index is 12.2. The predicted octanol–water partition coefficient (Wildman–Crippen LogP) is 2.47. The van der Waals surface area contributed by atoms with E-state index in [2.05, 4.69) is 23.9 Å². The first-order chi connectivity index (χ1) is 12.5. The fourth-order valence-electron chi connectivity index (χ4n) is 2.26. The summed E-state index contributed by atoms with van der Waals surface area (Å²) in [6.07, 6.45) is 0.786. The number of esters is 1. The first kappa shape index (κ1) is 18.1. The fraction of sp³-hybridized carbons (Fsp3) is 0.333. The third-order valence-corrected chi connectivity index (χ3v) is 4.33. The van der Waals surface area contributed by atoms with E-state index >= 15 is 0 Å². The average Bonchev–Trinajstić information content (AvgIpc) is 3.01. The number of carbonyl (C=O) groups is 1. The van der Waals surface area contributed by atoms with Crippen molar-refractivity contribution in [2.45, 2.75) is 26.9 Å². The highest BCUT2D eigenvalue weighted by atomic mass is 32.1. The Morgan fingerprint density at radius 1 is 1.27 bits per heavy atom. The smallest absolute Gasteiger partial charge is 0.344 e. The van der Waals surface area contributed by atoms with Crippen LogP contribution >= 0.6 is 11.3 Å². The molecule has 26 heavy (non-hydrogen) atoms. The first-order valence-electron chi connectivity index (χ1n) is 8.23. The summed E-state index contributed by atoms with van der Waals surface area (Å²) >= 11 is 1.37. The first-order valence-corrected chi connectivity index (χ1v) is 9.05. The van der Waals surface area contributed by atoms with Gasteiger partial charge >= 0.3 is 5.97 Å². The van der Waals surface area contributed by atoms with Gasteiger partial charge in [-0.2, -0.15) is 9.61 Å². The lowest BCUT2D eigenvalue weighted by Gasteiger charge is -2.06. The van der Waals surface area contributed by atoms with Crippen molar-refractivity contribution in [3.63, 3.8) is 0 Å². The molecule has 0 aliphatic rings. The maximum Gasteiger partial charge on any atom is 0.344 e. The Kier molecular flexibility index (Phi) is 5.62. The number of nitrogens with zero attached hydrogens (tertiary/aromatic N) is 3. The van der Waals surface area contributed by atoms with Crippen LogP contribution in [0.4, 0.5) is 0 Å². The van der Waals surface area contributed by atoms with Crippen LogP contribution in [0.1, 0.15) is 24.5 Å². The predicted molar refractivity (Wildman–Crippen MR) is 97.4 cm³/mol. The second-order valence-corrected chi connectivity index (χ2v) is 7.18. The third kappa shape index (κ3) is 4.66. The van der Waals surface area contributed by atoms with Gasteiger partial charge in [0.2, 0.25) is 4.96 Å². The number of benzene rings is 1. The van der Waals surface area contributed by atoms with E-state index in [4.69, 9.17) is 9.47 Å². The minimum atomic E-state index is -0.527. The van der Waals surface area contributed by atoms with Gasteiger partial charge in [-0.15, -0.1) is 0 Å². The zero-order valence-corrected chi connectivity index (χ0v) is 15.4. The Labute approximate surface area is 154 Å². The molecule has 7 nitrogen and oxygen atoms in total. The third-order valence-electron chi connectivity index (χ3n) is 3.40. The molecule has 2 heterocycles. The van der Waals surface area contributed by atoms with Crippen molar-refractivity contribution in [2.24, 2.45) is 5.92 Å². The zero-order valence-electron chi connectivity index (χ0n) is 14.5. The van der Waals surface area contributed by atoms with Gasteiger partial charge in [-0.05, 0) is 18.1 Å². The Morgan fingerprint density at radius 2 is 2.04 bits per heavy atom. The Morgan fingerprint density at radius 3 is 2.77 bits per heavy atom. The van der Waals surface area contributed by atoms with Gasteiger partial charge in [-0.25, -0.2) is 9.78 Å². The van der Waals surface area contributed by atoms with E-state index in [1.807, 2.05) is 18.2 Å². The number of hydrogen-bond donors (Lipinski definition) is 0. The van der Waals surface area contributed by atoms with E-state index in [0.29, 0.717) is 22.3 Å². The van der Waals surface area contributed by atoms with E-state index < -0.39 is 5.97 Å². The molecule has 8 heteroatoms. The van der Waals surface area contributed by atoms with Gasteiger partial charge in [0.1, 0.15) is 17.4 Å². The molecule has 3 rings (SSSR count). The molecule has 0 radical (unpaired) electrons. The highest BCUT2D eigenvalue weighted by Crippen LogP contribution is 2.15. The van der Waals surface area contributed by atoms with Gasteiger partial charge in [-0.3, -0.25) is 4.79 Å². The van der Waals surface area contributed by atoms with Gasteiger partial charge in [0.15, 0.2) is 6.61 Å². The normalized spacial score (nSPS) is 11.0. The Balaban J connectivity index is 1.61. The molecule has 0 spiro atoms. The van der Waals surface area contributed by atoms with Crippen molar-refractivity contribution in [1.29, 1.82) is 0 Å². The molecular weight excluding hydrogens is 354 g/mol. The van der Waals surface area contributed by atoms with Gasteiger partial charge < -0.3 is 9.47 Å². The molecular formula is C18H19N3O4S. The summed E-state index contributed by atoms with van der Waals surface area (Å²) in [5.74, 6) is 0.501. The van der Waals surface area contributed by atoms with Gasteiger partial charge in [-0.1, -0.05) is 43.4 Å². The molecule has 0 unspecified atom stereocenters. The highest BCUT2D eigenvalue weighted by molar-refractivity contribution is 7.16. The fourth-order valence-corrected chi connectivity index (χ4v) is 3.39. The molecule has 0 N–H and O–H groups in total. The molecule has 1 aromatic carbocycles. The van der Waals surface area contributed by atoms with Crippen LogP contribution in [0.25, 0.3) is 4.96 Å². The Hall–Kier alpha value is -2.74. The van der Waals surface area contributed by atoms with Gasteiger partial charge in [0.05, 0.1) is 5.69 Å². The van der Waals surface area contributed by atoms with E-state index in [1.54, 1.807) is 12.1 Å². The van der Waals surface area contributed by atoms with Gasteiger partial charge in [0.25, 0.3) is 5.56 Å². The Bertz CT molecular complexity index is 950. The molecule has 3 aromatic rings. The monoisotopic (exact) mass is 373 g/mol. The highest BCUT2D eigenvalue weighted by Gasteiger charge is 2.12. The average molecular weight is 373 g/mol. The lowest BCUT2D eigenvalue weighted by molar-refractivity contribution is -0.147. The van der Waals surface area contributed by atoms with Crippen molar-refractivity contribution in [3.05, 3.63) is 57.5 Å². The summed E-state index contributed by atoms with van der Waals surface area (Å²) in [5, 5.41) is 5.14. The van der Waals surface area contributed by atoms with Crippen molar-refractivity contribution in [3.8, 4) is 5.75 Å². The molecule has 0 amide bonds. The summed E-state index contributed by atoms with van der Waals surface area (Å²) in [4.78, 5) is 28.8. The molecule has 0 fully saturated rings. The molecule has 0 atom stereocenters. The van der Waals surface area contributed by atoms with Crippen LogP contribution in [-0.4, -0.2) is 27.2 Å². The summed E-state index contributed by atoms with van der Waals surface area (Å²) in [6, 6.07) is 10.3. The van der Waals surface area contributed by atoms with Crippen molar-refractivity contribution in [2.75, 3.05) is 6.61 Å². The molecule has 2 aromatic heterocycles. The number of hydrogen-bond acceptors (Lipinski definition) is 7. The van der Waals surface area contributed by atoms with Crippen molar-refractivity contribution < 1.29 is 14.3 Å². The lowest BCUT2D eigenvalue weighted by atomic mass is 10.1. The minimum absolute atomic E-state index is 0.0832. The maximum atomic E-state index is 12.2. The van der Waals surface area contributed by atoms with Crippen LogP contribution in [0.5, 0.6) is 5.75 Å². The van der Waals surface area contributed by atoms with E-state index in [9.17, 15) is 9.59 Å². The molecule has 0 bridgehead atoms. The summed E-state index contributed by atoms with van der Waals surface area (Å²) in [5.41, 5.74) is 0.107. The molecule has 136 valence electrons. The summed E-state index contributed by atoms with van der Waals surface area (Å²) < 4.78 is 11.7. The largest absolute Gasteiger partial charge is 0.482 e. The van der Waals surface area contributed by atoms with E-state index in [1.165, 1.54) is 21.9 Å². The van der Waals surface area contributed by atoms with Crippen LogP contribution < -0.4 is 10.3 Å². The van der Waals surface area contributed by atoms with Crippen LogP contribution in [0, 0.1) is 5.92 Å². The molecule has 0 saturated heterocycles. The number of rotatable bonds is 7. The second-order valence-electron chi connectivity index (χ2n) is 6.14. The standard InChI is InChI=1S/C18H19N3O4S/c1-12(2)8-15-20-21-16(22)9-13(19-18(21)26-15)10-25-17(23)11-24-14-6-4-3-5-7-14/h3-7,9,12H,8,10-11H2,1-2H3. The number of aromatic nitrogens is 3. The lowest BCUT2D eigenvalue weighted by Crippen LogP contribution is -2.18. The van der Waals surface area contributed by atoms with Crippen LogP contribution in [0.2, 0.25) is 0 Å². The number of fused-ring (bicyclic) bond motifs is 1. The quantitative estimate of drug-likeness (QED) is 0.592. The summed E-state index contributed by atoms with van der Waals surface area (Å²) in [6.45, 7) is 3.89. The number of carbonyl (C=O) groups excluding carboxylic acids is 1. The molecule has 0 aliphatic heterocycles. The van der Waals surface area contributed by atoms with E-state index in [0.717, 1.165) is 11.4 Å². The van der Waals surface area contributed by atoms with Crippen LogP contribution in [-0.2, 0) is 22.6 Å². The SMILES string of the molecule is CC(C)Cc1nn2c(=O)cc(COC(=O)COc3ccccc3)nc2s1. The minimum Gasteiger partial charge on any atom is -0.482 e.